The van der Waals surface area contributed by atoms with Crippen molar-refractivity contribution in [2.45, 2.75) is 13.3 Å². The van der Waals surface area contributed by atoms with E-state index in [1.165, 1.54) is 0 Å². The van der Waals surface area contributed by atoms with Crippen molar-refractivity contribution in [3.63, 3.8) is 0 Å². The molecule has 0 spiro atoms. The third-order valence-corrected chi connectivity index (χ3v) is 0.348. The van der Waals surface area contributed by atoms with E-state index in [1.807, 2.05) is 6.92 Å². The highest BCUT2D eigenvalue weighted by Gasteiger charge is 1.56. The fourth-order valence-electron chi connectivity index (χ4n) is 0.144. The summed E-state index contributed by atoms with van der Waals surface area (Å²) in [4.78, 5) is 3.49. The molecule has 0 aliphatic heterocycles. The Morgan fingerprint density at radius 1 is 2.00 bits per heavy atom. The lowest BCUT2D eigenvalue weighted by Gasteiger charge is -1.65. The molecule has 0 aliphatic rings. The van der Waals surface area contributed by atoms with E-state index in [9.17, 15) is 0 Å². The van der Waals surface area contributed by atoms with E-state index >= 15 is 0 Å². The maximum absolute atomic E-state index is 4.77. The lowest BCUT2D eigenvalue weighted by molar-refractivity contribution is 1.32. The summed E-state index contributed by atoms with van der Waals surface area (Å²) in [5.74, 6) is 0. The molecule has 6 heavy (non-hydrogen) atoms. The molecule has 1 nitrogen and oxygen atoms in total. The standard InChI is InChI=1S/C5H7N/c1-3-5-6-4-2/h2,5H,3H2,1H3. The highest BCUT2D eigenvalue weighted by Crippen LogP contribution is 1.63. The van der Waals surface area contributed by atoms with Gasteiger partial charge in [0.05, 0.1) is 0 Å². The first-order valence-electron chi connectivity index (χ1n) is 1.89. The van der Waals surface area contributed by atoms with Crippen LogP contribution in [0.5, 0.6) is 0 Å². The Kier molecular flexibility index (Phi) is 3.69. The summed E-state index contributed by atoms with van der Waals surface area (Å²) in [5.41, 5.74) is 0. The summed E-state index contributed by atoms with van der Waals surface area (Å²) < 4.78 is 0. The molecule has 0 amide bonds. The Hall–Kier alpha value is -0.770. The molecule has 1 heteroatoms. The topological polar surface area (TPSA) is 12.4 Å². The van der Waals surface area contributed by atoms with Crippen LogP contribution in [0, 0.1) is 12.5 Å². The molecule has 0 unspecified atom stereocenters. The zero-order valence-corrected chi connectivity index (χ0v) is 3.81. The normalized spacial score (nSPS) is 8.67. The Morgan fingerprint density at radius 2 is 2.67 bits per heavy atom. The van der Waals surface area contributed by atoms with Crippen molar-refractivity contribution >= 4 is 6.21 Å². The summed E-state index contributed by atoms with van der Waals surface area (Å²) in [6.07, 6.45) is 7.38. The van der Waals surface area contributed by atoms with Crippen molar-refractivity contribution in [2.75, 3.05) is 0 Å². The average molecular weight is 81.1 g/mol. The molecule has 0 atom stereocenters. The number of terminal acetylenes is 1. The highest BCUT2D eigenvalue weighted by atomic mass is 14.6. The second-order valence-corrected chi connectivity index (χ2v) is 0.849. The van der Waals surface area contributed by atoms with Crippen molar-refractivity contribution in [1.29, 1.82) is 0 Å². The second kappa shape index (κ2) is 4.23. The predicted molar refractivity (Wildman–Crippen MR) is 27.6 cm³/mol. The zero-order valence-electron chi connectivity index (χ0n) is 3.81. The van der Waals surface area contributed by atoms with E-state index in [2.05, 4.69) is 11.0 Å². The first kappa shape index (κ1) is 5.23. The van der Waals surface area contributed by atoms with E-state index in [0.29, 0.717) is 0 Å². The molecule has 0 heterocycles. The van der Waals surface area contributed by atoms with Crippen molar-refractivity contribution < 1.29 is 0 Å². The lowest BCUT2D eigenvalue weighted by atomic mass is 10.5. The summed E-state index contributed by atoms with van der Waals surface area (Å²) in [5, 5.41) is 0. The van der Waals surface area contributed by atoms with Gasteiger partial charge in [0, 0.05) is 12.3 Å². The van der Waals surface area contributed by atoms with Crippen LogP contribution in [0.25, 0.3) is 0 Å². The van der Waals surface area contributed by atoms with Crippen molar-refractivity contribution in [3.05, 3.63) is 0 Å². The van der Waals surface area contributed by atoms with Crippen LogP contribution >= 0.6 is 0 Å². The number of rotatable bonds is 1. The van der Waals surface area contributed by atoms with Gasteiger partial charge in [-0.3, -0.25) is 0 Å². The molecule has 0 aliphatic carbocycles. The third kappa shape index (κ3) is 3.23. The van der Waals surface area contributed by atoms with Crippen LogP contribution in [-0.4, -0.2) is 6.21 Å². The van der Waals surface area contributed by atoms with Crippen LogP contribution in [0.1, 0.15) is 13.3 Å². The van der Waals surface area contributed by atoms with E-state index in [-0.39, 0.29) is 0 Å². The molecule has 0 aromatic heterocycles. The molecule has 0 bridgehead atoms. The van der Waals surface area contributed by atoms with Crippen molar-refractivity contribution in [2.24, 2.45) is 4.99 Å². The first-order valence-corrected chi connectivity index (χ1v) is 1.89. The van der Waals surface area contributed by atoms with Gasteiger partial charge in [-0.2, -0.15) is 0 Å². The van der Waals surface area contributed by atoms with Crippen molar-refractivity contribution in [3.8, 4) is 12.5 Å². The quantitative estimate of drug-likeness (QED) is 0.330. The monoisotopic (exact) mass is 81.1 g/mol. The van der Waals surface area contributed by atoms with Gasteiger partial charge in [-0.1, -0.05) is 13.3 Å². The van der Waals surface area contributed by atoms with Gasteiger partial charge in [0.25, 0.3) is 0 Å². The van der Waals surface area contributed by atoms with Crippen LogP contribution in [0.4, 0.5) is 0 Å². The first-order chi connectivity index (χ1) is 2.91. The molecule has 32 valence electrons. The molecule has 0 rings (SSSR count). The Morgan fingerprint density at radius 3 is 2.83 bits per heavy atom. The SMILES string of the molecule is C#CN=CCC. The molecule has 0 fully saturated rings. The molecular weight excluding hydrogens is 74.1 g/mol. The van der Waals surface area contributed by atoms with E-state index in [4.69, 9.17) is 6.42 Å². The zero-order chi connectivity index (χ0) is 4.83. The minimum Gasteiger partial charge on any atom is -0.211 e. The average Bonchev–Trinajstić information content (AvgIpc) is 1.61. The summed E-state index contributed by atoms with van der Waals surface area (Å²) in [6.45, 7) is 1.99. The lowest BCUT2D eigenvalue weighted by Crippen LogP contribution is -1.60. The molecule has 0 saturated carbocycles. The van der Waals surface area contributed by atoms with Gasteiger partial charge in [0.1, 0.15) is 0 Å². The number of aliphatic imine (C=N–C) groups is 1. The van der Waals surface area contributed by atoms with E-state index < -0.39 is 0 Å². The minimum atomic E-state index is 0.921. The van der Waals surface area contributed by atoms with Gasteiger partial charge in [0.15, 0.2) is 0 Å². The van der Waals surface area contributed by atoms with Crippen molar-refractivity contribution in [1.82, 2.24) is 0 Å². The smallest absolute Gasteiger partial charge is 0.0298 e. The Balaban J connectivity index is 3.02. The fourth-order valence-corrected chi connectivity index (χ4v) is 0.144. The van der Waals surface area contributed by atoms with Gasteiger partial charge in [-0.15, -0.1) is 0 Å². The van der Waals surface area contributed by atoms with Gasteiger partial charge in [0.2, 0.25) is 0 Å². The van der Waals surface area contributed by atoms with Crippen LogP contribution in [0.2, 0.25) is 0 Å². The van der Waals surface area contributed by atoms with Gasteiger partial charge >= 0.3 is 0 Å². The van der Waals surface area contributed by atoms with Crippen LogP contribution in [-0.2, 0) is 0 Å². The van der Waals surface area contributed by atoms with Crippen LogP contribution in [0.15, 0.2) is 4.99 Å². The Labute approximate surface area is 38.1 Å². The summed E-state index contributed by atoms with van der Waals surface area (Å²) in [7, 11) is 0. The van der Waals surface area contributed by atoms with E-state index in [0.717, 1.165) is 6.42 Å². The van der Waals surface area contributed by atoms with Crippen LogP contribution in [0.3, 0.4) is 0 Å². The maximum atomic E-state index is 4.77. The maximum Gasteiger partial charge on any atom is 0.0298 e. The van der Waals surface area contributed by atoms with E-state index in [1.54, 1.807) is 6.21 Å². The van der Waals surface area contributed by atoms with Crippen LogP contribution < -0.4 is 0 Å². The highest BCUT2D eigenvalue weighted by molar-refractivity contribution is 5.57. The van der Waals surface area contributed by atoms with Gasteiger partial charge in [-0.25, -0.2) is 4.99 Å². The molecule has 0 saturated heterocycles. The molecule has 0 radical (unpaired) electrons. The molecule has 0 aromatic carbocycles. The molecule has 0 N–H and O–H groups in total. The number of nitrogens with zero attached hydrogens (tertiary/aromatic N) is 1. The molecule has 0 aromatic rings. The largest absolute Gasteiger partial charge is 0.211 e. The summed E-state index contributed by atoms with van der Waals surface area (Å²) in [6, 6.07) is 2.14. The second-order valence-electron chi connectivity index (χ2n) is 0.849. The fraction of sp³-hybridized carbons (Fsp3) is 0.400. The molecular formula is C5H7N. The van der Waals surface area contributed by atoms with Gasteiger partial charge < -0.3 is 0 Å². The predicted octanol–water partition coefficient (Wildman–Crippen LogP) is 1.06. The third-order valence-electron chi connectivity index (χ3n) is 0.348. The number of hydrogen-bond acceptors (Lipinski definition) is 1. The van der Waals surface area contributed by atoms with Gasteiger partial charge in [-0.05, 0) is 6.42 Å². The number of hydrogen-bond donors (Lipinski definition) is 0. The minimum absolute atomic E-state index is 0.921. The summed E-state index contributed by atoms with van der Waals surface area (Å²) >= 11 is 0. The Bertz CT molecular complexity index is 76.4.